The number of urea groups is 1. The second-order valence-electron chi connectivity index (χ2n) is 9.70. The summed E-state index contributed by atoms with van der Waals surface area (Å²) in [5, 5.41) is 11.9. The molecule has 1 aromatic heterocycles. The van der Waals surface area contributed by atoms with Crippen molar-refractivity contribution in [3.63, 3.8) is 0 Å². The summed E-state index contributed by atoms with van der Waals surface area (Å²) >= 11 is 0. The van der Waals surface area contributed by atoms with Crippen molar-refractivity contribution < 1.29 is 9.59 Å². The van der Waals surface area contributed by atoms with Gasteiger partial charge in [-0.1, -0.05) is 37.3 Å². The zero-order chi connectivity index (χ0) is 25.1. The number of benzene rings is 1. The van der Waals surface area contributed by atoms with Gasteiger partial charge in [0.1, 0.15) is 12.6 Å². The monoisotopic (exact) mass is 475 g/mol. The van der Waals surface area contributed by atoms with Gasteiger partial charge in [-0.15, -0.1) is 0 Å². The minimum absolute atomic E-state index is 0.0206. The summed E-state index contributed by atoms with van der Waals surface area (Å²) in [5.41, 5.74) is 1.21. The Hall–Kier alpha value is -3.51. The van der Waals surface area contributed by atoms with Crippen LogP contribution in [0.5, 0.6) is 0 Å². The lowest BCUT2D eigenvalue weighted by molar-refractivity contribution is -0.123. The number of hydrogen-bond acceptors (Lipinski definition) is 6. The number of aromatic nitrogens is 2. The molecule has 3 amide bonds. The van der Waals surface area contributed by atoms with Gasteiger partial charge in [0.2, 0.25) is 11.7 Å². The van der Waals surface area contributed by atoms with Crippen molar-refractivity contribution in [1.82, 2.24) is 25.1 Å². The van der Waals surface area contributed by atoms with E-state index >= 15 is 0 Å². The zero-order valence-electron chi connectivity index (χ0n) is 20.7. The molecule has 1 saturated heterocycles. The highest BCUT2D eigenvalue weighted by atomic mass is 16.2. The third-order valence-corrected chi connectivity index (χ3v) is 7.59. The van der Waals surface area contributed by atoms with Crippen molar-refractivity contribution in [3.8, 4) is 6.07 Å². The second-order valence-corrected chi connectivity index (χ2v) is 9.70. The molecule has 35 heavy (non-hydrogen) atoms. The largest absolute Gasteiger partial charge is 0.355 e. The number of carbonyl (C=O) groups excluding carboxylic acids is 2. The fourth-order valence-corrected chi connectivity index (χ4v) is 5.51. The predicted molar refractivity (Wildman–Crippen MR) is 133 cm³/mol. The van der Waals surface area contributed by atoms with Crippen LogP contribution in [0.4, 0.5) is 10.5 Å². The molecule has 1 N–H and O–H groups in total. The van der Waals surface area contributed by atoms with E-state index in [2.05, 4.69) is 58.5 Å². The molecule has 2 aromatic rings. The van der Waals surface area contributed by atoms with Crippen LogP contribution in [0.2, 0.25) is 0 Å². The molecule has 9 heteroatoms. The Morgan fingerprint density at radius 1 is 1.14 bits per heavy atom. The van der Waals surface area contributed by atoms with Gasteiger partial charge in [-0.25, -0.2) is 14.8 Å². The second kappa shape index (κ2) is 10.0. The van der Waals surface area contributed by atoms with Crippen molar-refractivity contribution in [1.29, 1.82) is 5.26 Å². The molecule has 1 aromatic carbocycles. The highest BCUT2D eigenvalue weighted by Gasteiger charge is 2.55. The fourth-order valence-electron chi connectivity index (χ4n) is 5.51. The van der Waals surface area contributed by atoms with Crippen LogP contribution >= 0.6 is 0 Å². The van der Waals surface area contributed by atoms with Crippen LogP contribution in [0, 0.1) is 11.3 Å². The summed E-state index contributed by atoms with van der Waals surface area (Å²) in [5.74, 6) is -0.0905. The quantitative estimate of drug-likeness (QED) is 0.660. The predicted octanol–water partition coefficient (Wildman–Crippen LogP) is 2.89. The molecule has 4 rings (SSSR count). The van der Waals surface area contributed by atoms with Gasteiger partial charge in [-0.05, 0) is 51.8 Å². The van der Waals surface area contributed by atoms with Crippen LogP contribution < -0.4 is 10.2 Å². The number of carbonyl (C=O) groups is 2. The summed E-state index contributed by atoms with van der Waals surface area (Å²) in [4.78, 5) is 40.2. The highest BCUT2D eigenvalue weighted by Crippen LogP contribution is 2.49. The third-order valence-electron chi connectivity index (χ3n) is 7.59. The zero-order valence-corrected chi connectivity index (χ0v) is 20.7. The first-order valence-electron chi connectivity index (χ1n) is 12.2. The molecule has 0 radical (unpaired) electrons. The maximum absolute atomic E-state index is 13.6. The number of rotatable bonds is 7. The summed E-state index contributed by atoms with van der Waals surface area (Å²) in [6.45, 7) is 3.06. The number of hydrogen-bond donors (Lipinski definition) is 1. The fraction of sp³-hybridized carbons (Fsp3) is 0.500. The van der Waals surface area contributed by atoms with E-state index in [0.29, 0.717) is 18.8 Å². The van der Waals surface area contributed by atoms with Crippen LogP contribution in [0.3, 0.4) is 0 Å². The summed E-state index contributed by atoms with van der Waals surface area (Å²) in [7, 11) is 4.22. The van der Waals surface area contributed by atoms with Crippen LogP contribution in [0.15, 0.2) is 42.7 Å². The minimum Gasteiger partial charge on any atom is -0.355 e. The molecular formula is C26H33N7O2. The van der Waals surface area contributed by atoms with E-state index < -0.39 is 5.54 Å². The Labute approximate surface area is 206 Å². The van der Waals surface area contributed by atoms with Gasteiger partial charge in [0.05, 0.1) is 30.2 Å². The van der Waals surface area contributed by atoms with Crippen molar-refractivity contribution >= 4 is 17.6 Å². The van der Waals surface area contributed by atoms with E-state index in [1.165, 1.54) is 18.0 Å². The van der Waals surface area contributed by atoms with Crippen molar-refractivity contribution in [2.75, 3.05) is 38.6 Å². The minimum atomic E-state index is -0.469. The molecule has 9 nitrogen and oxygen atoms in total. The summed E-state index contributed by atoms with van der Waals surface area (Å²) in [6.07, 6.45) is 7.11. The Morgan fingerprint density at radius 2 is 1.80 bits per heavy atom. The van der Waals surface area contributed by atoms with Crippen molar-refractivity contribution in [2.24, 2.45) is 0 Å². The topological polar surface area (TPSA) is 105 Å². The van der Waals surface area contributed by atoms with E-state index in [0.717, 1.165) is 32.1 Å². The van der Waals surface area contributed by atoms with E-state index in [1.54, 1.807) is 9.80 Å². The normalized spacial score (nSPS) is 24.1. The number of nitrogens with zero attached hydrogens (tertiary/aromatic N) is 6. The molecule has 0 unspecified atom stereocenters. The molecule has 2 fully saturated rings. The van der Waals surface area contributed by atoms with Gasteiger partial charge < -0.3 is 10.2 Å². The SMILES string of the molecule is CCCNC(=O)CN1C(=O)N(c2cnc(C#N)nc2)C[C@]12CC[C@](c1ccccc1)(N(C)C)CC2. The number of nitriles is 1. The lowest BCUT2D eigenvalue weighted by atomic mass is 9.68. The smallest absolute Gasteiger partial charge is 0.325 e. The molecule has 1 spiro atoms. The van der Waals surface area contributed by atoms with E-state index in [9.17, 15) is 9.59 Å². The van der Waals surface area contributed by atoms with Gasteiger partial charge in [-0.2, -0.15) is 5.26 Å². The van der Waals surface area contributed by atoms with Crippen LogP contribution in [0.1, 0.15) is 50.4 Å². The van der Waals surface area contributed by atoms with E-state index in [1.807, 2.05) is 19.1 Å². The van der Waals surface area contributed by atoms with E-state index in [-0.39, 0.29) is 29.8 Å². The number of anilines is 1. The molecule has 1 aliphatic heterocycles. The maximum atomic E-state index is 13.6. The Balaban J connectivity index is 1.64. The Bertz CT molecular complexity index is 1090. The number of nitrogens with one attached hydrogen (secondary N) is 1. The lowest BCUT2D eigenvalue weighted by Crippen LogP contribution is -2.57. The number of amides is 3. The summed E-state index contributed by atoms with van der Waals surface area (Å²) < 4.78 is 0. The van der Waals surface area contributed by atoms with Gasteiger partial charge in [0, 0.05) is 12.1 Å². The van der Waals surface area contributed by atoms with Crippen LogP contribution in [-0.4, -0.2) is 71.0 Å². The first-order valence-corrected chi connectivity index (χ1v) is 12.2. The molecule has 2 heterocycles. The molecule has 2 aliphatic rings. The molecular weight excluding hydrogens is 442 g/mol. The van der Waals surface area contributed by atoms with Gasteiger partial charge in [0.15, 0.2) is 0 Å². The third kappa shape index (κ3) is 4.58. The van der Waals surface area contributed by atoms with E-state index in [4.69, 9.17) is 5.26 Å². The molecule has 0 atom stereocenters. The molecule has 184 valence electrons. The molecule has 1 saturated carbocycles. The van der Waals surface area contributed by atoms with Crippen LogP contribution in [-0.2, 0) is 10.3 Å². The maximum Gasteiger partial charge on any atom is 0.325 e. The average molecular weight is 476 g/mol. The van der Waals surface area contributed by atoms with Crippen molar-refractivity contribution in [2.45, 2.75) is 50.1 Å². The highest BCUT2D eigenvalue weighted by molar-refractivity contribution is 5.97. The molecule has 0 bridgehead atoms. The Morgan fingerprint density at radius 3 is 2.37 bits per heavy atom. The van der Waals surface area contributed by atoms with Crippen molar-refractivity contribution in [3.05, 3.63) is 54.1 Å². The van der Waals surface area contributed by atoms with Gasteiger partial charge in [-0.3, -0.25) is 14.6 Å². The lowest BCUT2D eigenvalue weighted by Gasteiger charge is -2.50. The average Bonchev–Trinajstić information content (AvgIpc) is 3.14. The summed E-state index contributed by atoms with van der Waals surface area (Å²) in [6, 6.07) is 12.2. The molecule has 1 aliphatic carbocycles. The van der Waals surface area contributed by atoms with Crippen LogP contribution in [0.25, 0.3) is 0 Å². The van der Waals surface area contributed by atoms with Gasteiger partial charge in [0.25, 0.3) is 0 Å². The standard InChI is InChI=1S/C26H33N7O2/c1-4-14-28-23(34)18-33-24(35)32(21-16-29-22(15-27)30-17-21)19-25(33)10-12-26(13-11-25,31(2)3)20-8-6-5-7-9-20/h5-9,16-17H,4,10-14,18-19H2,1-3H3,(H,28,34)/t25-,26+. The first kappa shape index (κ1) is 24.6. The van der Waals surface area contributed by atoms with Gasteiger partial charge >= 0.3 is 6.03 Å². The first-order chi connectivity index (χ1) is 16.8. The Kier molecular flexibility index (Phi) is 7.03.